The number of allylic oxidation sites excluding steroid dienone is 20. The fourth-order valence-corrected chi connectivity index (χ4v) is 8.07. The second kappa shape index (κ2) is 57.9. The van der Waals surface area contributed by atoms with Gasteiger partial charge in [-0.05, 0) is 103 Å². The molecule has 0 aromatic heterocycles. The Kier molecular flexibility index (Phi) is 54.6. The average Bonchev–Trinajstić information content (AvgIpc) is 3.40. The molecule has 9 nitrogen and oxygen atoms in total. The number of quaternary nitrogens is 1. The molecule has 0 aliphatic rings. The number of hydrogen-bond donors (Lipinski definition) is 1. The van der Waals surface area contributed by atoms with Crippen molar-refractivity contribution in [2.75, 3.05) is 47.5 Å². The van der Waals surface area contributed by atoms with E-state index in [2.05, 4.69) is 135 Å². The van der Waals surface area contributed by atoms with Crippen LogP contribution in [0.25, 0.3) is 0 Å². The van der Waals surface area contributed by atoms with Gasteiger partial charge in [0, 0.05) is 12.8 Å². The number of nitrogens with zero attached hydrogens (tertiary/aromatic N) is 1. The zero-order valence-corrected chi connectivity index (χ0v) is 49.8. The molecule has 0 saturated carbocycles. The second-order valence-corrected chi connectivity index (χ2v) is 21.2. The van der Waals surface area contributed by atoms with Crippen molar-refractivity contribution < 1.29 is 42.9 Å². The van der Waals surface area contributed by atoms with Crippen LogP contribution in [0.1, 0.15) is 232 Å². The van der Waals surface area contributed by atoms with Crippen LogP contribution in [0.3, 0.4) is 0 Å². The van der Waals surface area contributed by atoms with Crippen molar-refractivity contribution in [2.45, 2.75) is 245 Å². The van der Waals surface area contributed by atoms with Crippen LogP contribution in [0.4, 0.5) is 0 Å². The Morgan fingerprint density at radius 1 is 0.390 bits per heavy atom. The number of esters is 2. The first-order valence-electron chi connectivity index (χ1n) is 30.7. The van der Waals surface area contributed by atoms with Gasteiger partial charge in [-0.2, -0.15) is 0 Å². The van der Waals surface area contributed by atoms with E-state index < -0.39 is 24.3 Å². The van der Waals surface area contributed by atoms with Crippen molar-refractivity contribution in [3.8, 4) is 0 Å². The van der Waals surface area contributed by atoms with Gasteiger partial charge in [-0.25, -0.2) is 4.79 Å². The van der Waals surface area contributed by atoms with Gasteiger partial charge in [0.15, 0.2) is 6.10 Å². The van der Waals surface area contributed by atoms with Crippen LogP contribution in [-0.4, -0.2) is 87.4 Å². The monoisotopic (exact) mass is 1070 g/mol. The predicted molar refractivity (Wildman–Crippen MR) is 327 cm³/mol. The highest BCUT2D eigenvalue weighted by Gasteiger charge is 2.25. The van der Waals surface area contributed by atoms with Gasteiger partial charge in [0.05, 0.1) is 34.4 Å². The van der Waals surface area contributed by atoms with E-state index in [0.717, 1.165) is 122 Å². The minimum atomic E-state index is -1.52. The highest BCUT2D eigenvalue weighted by atomic mass is 16.7. The number of carbonyl (C=O) groups excluding carboxylic acids is 2. The Morgan fingerprint density at radius 2 is 0.701 bits per heavy atom. The molecule has 1 N–H and O–H groups in total. The van der Waals surface area contributed by atoms with Crippen molar-refractivity contribution in [3.63, 3.8) is 0 Å². The van der Waals surface area contributed by atoms with Crippen LogP contribution in [0.5, 0.6) is 0 Å². The lowest BCUT2D eigenvalue weighted by molar-refractivity contribution is -0.870. The molecular formula is C68H114NO8+. The van der Waals surface area contributed by atoms with Crippen molar-refractivity contribution >= 4 is 17.9 Å². The van der Waals surface area contributed by atoms with E-state index in [9.17, 15) is 19.5 Å². The van der Waals surface area contributed by atoms with E-state index >= 15 is 0 Å². The number of hydrogen-bond acceptors (Lipinski definition) is 7. The Balaban J connectivity index is 4.25. The Labute approximate surface area is 472 Å². The van der Waals surface area contributed by atoms with E-state index in [1.807, 2.05) is 21.1 Å². The molecule has 0 bridgehead atoms. The number of carboxylic acids is 1. The molecular weight excluding hydrogens is 959 g/mol. The standard InChI is InChI=1S/C68H113NO8/c1-6-8-10-12-14-16-18-20-22-24-26-28-30-32-33-35-37-39-41-43-45-47-49-51-53-55-57-59-66(71)77-64(63-76-68(67(72)73)74-61-60-69(3,4)5)62-75-65(70)58-56-54-52-50-48-46-44-42-40-38-36-34-31-29-27-25-23-21-19-17-15-13-11-9-7-2/h8-11,14-17,20-23,26-29,32-34,36,64,68H,6-7,12-13,18-19,24-25,30-31,35,37-63H2,1-5H3/p+1/b10-8-,11-9-,16-14-,17-15-,22-20-,23-21-,28-26-,29-27-,33-32-,36-34-. The number of unbranched alkanes of at least 4 members (excludes halogenated alkanes) is 20. The first kappa shape index (κ1) is 72.7. The first-order chi connectivity index (χ1) is 37.6. The molecule has 2 unspecified atom stereocenters. The predicted octanol–water partition coefficient (Wildman–Crippen LogP) is 18.5. The minimum Gasteiger partial charge on any atom is -0.477 e. The lowest BCUT2D eigenvalue weighted by Crippen LogP contribution is -2.40. The zero-order valence-electron chi connectivity index (χ0n) is 49.8. The molecule has 0 radical (unpaired) electrons. The second-order valence-electron chi connectivity index (χ2n) is 21.2. The molecule has 0 aliphatic heterocycles. The van der Waals surface area contributed by atoms with Crippen LogP contribution in [0.2, 0.25) is 0 Å². The fraction of sp³-hybridized carbons (Fsp3) is 0.662. The van der Waals surface area contributed by atoms with Gasteiger partial charge in [0.2, 0.25) is 0 Å². The SMILES string of the molecule is CC/C=C\C/C=C\C/C=C\C/C=C\C/C=C\CCCCCCCCCCCCCC(=O)OC(COC(=O)CCCCCCCCCCC/C=C\C/C=C\C/C=C\C/C=C\C/C=C\CC)COC(OCC[N+](C)(C)C)C(=O)O. The fourth-order valence-electron chi connectivity index (χ4n) is 8.07. The Bertz CT molecular complexity index is 1670. The van der Waals surface area contributed by atoms with Crippen molar-refractivity contribution in [1.82, 2.24) is 0 Å². The van der Waals surface area contributed by atoms with E-state index in [1.165, 1.54) is 77.0 Å². The maximum Gasteiger partial charge on any atom is 0.361 e. The number of ether oxygens (including phenoxy) is 4. The molecule has 0 spiro atoms. The maximum atomic E-state index is 12.9. The van der Waals surface area contributed by atoms with E-state index in [0.29, 0.717) is 17.4 Å². The molecule has 0 aromatic carbocycles. The number of carboxylic acid groups (broad SMARTS) is 1. The van der Waals surface area contributed by atoms with Crippen LogP contribution in [0, 0.1) is 0 Å². The molecule has 9 heteroatoms. The summed E-state index contributed by atoms with van der Waals surface area (Å²) in [4.78, 5) is 37.5. The van der Waals surface area contributed by atoms with Gasteiger partial charge in [0.25, 0.3) is 6.29 Å². The highest BCUT2D eigenvalue weighted by Crippen LogP contribution is 2.15. The first-order valence-corrected chi connectivity index (χ1v) is 30.7. The molecule has 438 valence electrons. The number of carbonyl (C=O) groups is 3. The summed E-state index contributed by atoms with van der Waals surface area (Å²) in [5.74, 6) is -2.03. The van der Waals surface area contributed by atoms with Crippen LogP contribution in [-0.2, 0) is 33.3 Å². The largest absolute Gasteiger partial charge is 0.477 e. The van der Waals surface area contributed by atoms with Crippen LogP contribution >= 0.6 is 0 Å². The number of aliphatic carboxylic acids is 1. The van der Waals surface area contributed by atoms with E-state index in [1.54, 1.807) is 0 Å². The summed E-state index contributed by atoms with van der Waals surface area (Å²) in [6.45, 7) is 4.64. The lowest BCUT2D eigenvalue weighted by atomic mass is 10.0. The molecule has 2 atom stereocenters. The number of likely N-dealkylation sites (N-methyl/N-ethyl adjacent to an activating group) is 1. The third-order valence-electron chi connectivity index (χ3n) is 12.7. The van der Waals surface area contributed by atoms with E-state index in [-0.39, 0.29) is 38.6 Å². The zero-order chi connectivity index (χ0) is 56.2. The highest BCUT2D eigenvalue weighted by molar-refractivity contribution is 5.71. The summed E-state index contributed by atoms with van der Waals surface area (Å²) in [5, 5.41) is 9.72. The molecule has 0 amide bonds. The topological polar surface area (TPSA) is 108 Å². The van der Waals surface area contributed by atoms with Gasteiger partial charge >= 0.3 is 17.9 Å². The third-order valence-corrected chi connectivity index (χ3v) is 12.7. The molecule has 77 heavy (non-hydrogen) atoms. The molecule has 0 rings (SSSR count). The summed E-state index contributed by atoms with van der Waals surface area (Å²) < 4.78 is 22.9. The molecule has 0 aliphatic carbocycles. The Morgan fingerprint density at radius 3 is 1.04 bits per heavy atom. The quantitative estimate of drug-likeness (QED) is 0.0211. The number of rotatable bonds is 55. The van der Waals surface area contributed by atoms with Gasteiger partial charge in [-0.1, -0.05) is 238 Å². The van der Waals surface area contributed by atoms with Crippen LogP contribution < -0.4 is 0 Å². The molecule has 0 aromatic rings. The summed E-state index contributed by atoms with van der Waals surface area (Å²) in [6, 6.07) is 0. The van der Waals surface area contributed by atoms with Crippen molar-refractivity contribution in [3.05, 3.63) is 122 Å². The Hall–Kier alpha value is -4.31. The lowest BCUT2D eigenvalue weighted by Gasteiger charge is -2.25. The van der Waals surface area contributed by atoms with Crippen LogP contribution in [0.15, 0.2) is 122 Å². The summed E-state index contributed by atoms with van der Waals surface area (Å²) in [5.41, 5.74) is 0. The van der Waals surface area contributed by atoms with Crippen molar-refractivity contribution in [2.24, 2.45) is 0 Å². The maximum absolute atomic E-state index is 12.9. The minimum absolute atomic E-state index is 0.180. The summed E-state index contributed by atoms with van der Waals surface area (Å²) in [6.07, 6.45) is 78.4. The molecule has 0 heterocycles. The van der Waals surface area contributed by atoms with Gasteiger partial charge in [-0.3, -0.25) is 9.59 Å². The normalized spacial score (nSPS) is 13.6. The summed E-state index contributed by atoms with van der Waals surface area (Å²) >= 11 is 0. The van der Waals surface area contributed by atoms with Crippen molar-refractivity contribution in [1.29, 1.82) is 0 Å². The molecule has 0 saturated heterocycles. The summed E-state index contributed by atoms with van der Waals surface area (Å²) in [7, 11) is 5.96. The molecule has 0 fully saturated rings. The smallest absolute Gasteiger partial charge is 0.361 e. The van der Waals surface area contributed by atoms with Gasteiger partial charge in [-0.15, -0.1) is 0 Å². The van der Waals surface area contributed by atoms with Gasteiger partial charge in [0.1, 0.15) is 13.2 Å². The van der Waals surface area contributed by atoms with Gasteiger partial charge < -0.3 is 28.5 Å². The average molecular weight is 1070 g/mol. The van der Waals surface area contributed by atoms with E-state index in [4.69, 9.17) is 18.9 Å². The third kappa shape index (κ3) is 59.2.